The third kappa shape index (κ3) is 5.09. The molecule has 0 aliphatic carbocycles. The Kier molecular flexibility index (Phi) is 6.21. The number of piperidine rings is 1. The summed E-state index contributed by atoms with van der Waals surface area (Å²) in [5.41, 5.74) is 1.48. The first-order chi connectivity index (χ1) is 13.6. The van der Waals surface area contributed by atoms with Crippen LogP contribution in [0.15, 0.2) is 52.3 Å². The van der Waals surface area contributed by atoms with Gasteiger partial charge in [-0.25, -0.2) is 21.6 Å². The van der Waals surface area contributed by atoms with E-state index < -0.39 is 19.9 Å². The number of nitrogens with one attached hydrogen (secondary N) is 1. The van der Waals surface area contributed by atoms with Crippen molar-refractivity contribution >= 4 is 25.5 Å². The van der Waals surface area contributed by atoms with E-state index >= 15 is 0 Å². The van der Waals surface area contributed by atoms with Crippen molar-refractivity contribution in [2.45, 2.75) is 35.6 Å². The van der Waals surface area contributed by atoms with Crippen LogP contribution in [0.2, 0.25) is 0 Å². The number of ether oxygens (including phenoxy) is 1. The standard InChI is InChI=1S/C20H26N2O5S2/c1-15-9-10-19(28(3,23)24)13-20(15)29(25,26)21-16-6-5-11-22(14-16)17-7-4-8-18(12-17)27-2/h4,7-10,12-13,16,21H,5-6,11,14H2,1-3H3. The molecule has 1 heterocycles. The maximum Gasteiger partial charge on any atom is 0.241 e. The highest BCUT2D eigenvalue weighted by atomic mass is 32.2. The van der Waals surface area contributed by atoms with Crippen LogP contribution in [0.3, 0.4) is 0 Å². The zero-order valence-electron chi connectivity index (χ0n) is 16.8. The smallest absolute Gasteiger partial charge is 0.241 e. The van der Waals surface area contributed by atoms with E-state index in [0.717, 1.165) is 30.7 Å². The molecular formula is C20H26N2O5S2. The molecule has 3 rings (SSSR count). The second kappa shape index (κ2) is 8.33. The van der Waals surface area contributed by atoms with Gasteiger partial charge in [0.1, 0.15) is 5.75 Å². The Morgan fingerprint density at radius 3 is 2.55 bits per heavy atom. The summed E-state index contributed by atoms with van der Waals surface area (Å²) < 4.78 is 57.7. The number of aryl methyl sites for hydroxylation is 1. The van der Waals surface area contributed by atoms with Crippen molar-refractivity contribution in [3.63, 3.8) is 0 Å². The van der Waals surface area contributed by atoms with Gasteiger partial charge in [0.15, 0.2) is 9.84 Å². The predicted molar refractivity (Wildman–Crippen MR) is 113 cm³/mol. The predicted octanol–water partition coefficient (Wildman–Crippen LogP) is 2.35. The molecule has 1 unspecified atom stereocenters. The molecule has 0 radical (unpaired) electrons. The molecule has 0 bridgehead atoms. The van der Waals surface area contributed by atoms with Gasteiger partial charge in [-0.3, -0.25) is 0 Å². The Hall–Kier alpha value is -2.10. The number of sulfone groups is 1. The molecule has 2 aromatic rings. The number of hydrogen-bond acceptors (Lipinski definition) is 6. The van der Waals surface area contributed by atoms with Crippen LogP contribution in [-0.2, 0) is 19.9 Å². The third-order valence-electron chi connectivity index (χ3n) is 5.04. The molecule has 1 fully saturated rings. The van der Waals surface area contributed by atoms with Crippen LogP contribution < -0.4 is 14.4 Å². The van der Waals surface area contributed by atoms with E-state index in [9.17, 15) is 16.8 Å². The quantitative estimate of drug-likeness (QED) is 0.744. The van der Waals surface area contributed by atoms with Crippen molar-refractivity contribution in [3.8, 4) is 5.75 Å². The van der Waals surface area contributed by atoms with Gasteiger partial charge in [-0.2, -0.15) is 0 Å². The average molecular weight is 439 g/mol. The average Bonchev–Trinajstić information content (AvgIpc) is 2.67. The van der Waals surface area contributed by atoms with Crippen LogP contribution in [0.5, 0.6) is 5.75 Å². The van der Waals surface area contributed by atoms with E-state index in [2.05, 4.69) is 9.62 Å². The monoisotopic (exact) mass is 438 g/mol. The lowest BCUT2D eigenvalue weighted by atomic mass is 10.1. The van der Waals surface area contributed by atoms with E-state index in [-0.39, 0.29) is 15.8 Å². The van der Waals surface area contributed by atoms with Crippen molar-refractivity contribution in [2.75, 3.05) is 31.4 Å². The van der Waals surface area contributed by atoms with Gasteiger partial charge < -0.3 is 9.64 Å². The van der Waals surface area contributed by atoms with Crippen LogP contribution in [0.1, 0.15) is 18.4 Å². The minimum Gasteiger partial charge on any atom is -0.497 e. The summed E-state index contributed by atoms with van der Waals surface area (Å²) in [4.78, 5) is 2.11. The number of hydrogen-bond donors (Lipinski definition) is 1. The van der Waals surface area contributed by atoms with Gasteiger partial charge in [-0.05, 0) is 49.6 Å². The van der Waals surface area contributed by atoms with E-state index in [1.807, 2.05) is 24.3 Å². The van der Waals surface area contributed by atoms with Crippen LogP contribution in [0, 0.1) is 6.92 Å². The minimum atomic E-state index is -3.86. The zero-order valence-corrected chi connectivity index (χ0v) is 18.4. The number of methoxy groups -OCH3 is 1. The normalized spacial score (nSPS) is 17.9. The lowest BCUT2D eigenvalue weighted by molar-refractivity contribution is 0.414. The largest absolute Gasteiger partial charge is 0.497 e. The van der Waals surface area contributed by atoms with Gasteiger partial charge >= 0.3 is 0 Å². The first kappa shape index (κ1) is 21.6. The first-order valence-electron chi connectivity index (χ1n) is 9.32. The highest BCUT2D eigenvalue weighted by Crippen LogP contribution is 2.26. The molecule has 7 nitrogen and oxygen atoms in total. The molecule has 29 heavy (non-hydrogen) atoms. The van der Waals surface area contributed by atoms with Gasteiger partial charge in [-0.1, -0.05) is 12.1 Å². The molecule has 1 aliphatic rings. The fourth-order valence-corrected chi connectivity index (χ4v) is 5.75. The lowest BCUT2D eigenvalue weighted by Gasteiger charge is -2.34. The molecular weight excluding hydrogens is 412 g/mol. The number of nitrogens with zero attached hydrogens (tertiary/aromatic N) is 1. The van der Waals surface area contributed by atoms with Gasteiger partial charge in [0, 0.05) is 37.1 Å². The number of sulfonamides is 1. The minimum absolute atomic E-state index is 0.000992. The van der Waals surface area contributed by atoms with Gasteiger partial charge in [0.05, 0.1) is 16.9 Å². The van der Waals surface area contributed by atoms with Crippen LogP contribution in [0.25, 0.3) is 0 Å². The lowest BCUT2D eigenvalue weighted by Crippen LogP contribution is -2.47. The van der Waals surface area contributed by atoms with Gasteiger partial charge in [0.25, 0.3) is 0 Å². The molecule has 0 amide bonds. The number of anilines is 1. The molecule has 1 saturated heterocycles. The molecule has 1 N–H and O–H groups in total. The van der Waals surface area contributed by atoms with Crippen molar-refractivity contribution in [1.82, 2.24) is 4.72 Å². The van der Waals surface area contributed by atoms with E-state index in [0.29, 0.717) is 18.5 Å². The molecule has 1 atom stereocenters. The Bertz CT molecular complexity index is 1100. The Balaban J connectivity index is 1.81. The topological polar surface area (TPSA) is 92.8 Å². The molecule has 2 aromatic carbocycles. The van der Waals surface area contributed by atoms with Crippen molar-refractivity contribution in [3.05, 3.63) is 48.0 Å². The molecule has 158 valence electrons. The second-order valence-corrected chi connectivity index (χ2v) is 11.0. The summed E-state index contributed by atoms with van der Waals surface area (Å²) in [6, 6.07) is 11.6. The van der Waals surface area contributed by atoms with Crippen molar-refractivity contribution in [1.29, 1.82) is 0 Å². The Morgan fingerprint density at radius 2 is 1.86 bits per heavy atom. The summed E-state index contributed by atoms with van der Waals surface area (Å²) in [5.74, 6) is 0.749. The maximum absolute atomic E-state index is 13.0. The SMILES string of the molecule is COc1cccc(N2CCCC(NS(=O)(=O)c3cc(S(C)(=O)=O)ccc3C)C2)c1. The molecule has 0 aromatic heterocycles. The summed E-state index contributed by atoms with van der Waals surface area (Å²) in [7, 11) is -5.75. The molecule has 0 spiro atoms. The van der Waals surface area contributed by atoms with Crippen LogP contribution in [0.4, 0.5) is 5.69 Å². The fourth-order valence-electron chi connectivity index (χ4n) is 3.50. The zero-order chi connectivity index (χ0) is 21.2. The fraction of sp³-hybridized carbons (Fsp3) is 0.400. The Labute approximate surface area is 172 Å². The van der Waals surface area contributed by atoms with E-state index in [1.54, 1.807) is 14.0 Å². The Morgan fingerprint density at radius 1 is 1.10 bits per heavy atom. The maximum atomic E-state index is 13.0. The number of rotatable bonds is 6. The van der Waals surface area contributed by atoms with E-state index in [4.69, 9.17) is 4.74 Å². The summed E-state index contributed by atoms with van der Waals surface area (Å²) >= 11 is 0. The van der Waals surface area contributed by atoms with Crippen LogP contribution in [-0.4, -0.2) is 49.3 Å². The highest BCUT2D eigenvalue weighted by Gasteiger charge is 2.27. The highest BCUT2D eigenvalue weighted by molar-refractivity contribution is 7.91. The summed E-state index contributed by atoms with van der Waals surface area (Å²) in [6.07, 6.45) is 2.62. The summed E-state index contributed by atoms with van der Waals surface area (Å²) in [5, 5.41) is 0. The van der Waals surface area contributed by atoms with E-state index in [1.165, 1.54) is 18.2 Å². The second-order valence-electron chi connectivity index (χ2n) is 7.31. The third-order valence-corrected chi connectivity index (χ3v) is 7.81. The molecule has 9 heteroatoms. The van der Waals surface area contributed by atoms with Crippen molar-refractivity contribution in [2.24, 2.45) is 0 Å². The summed E-state index contributed by atoms with van der Waals surface area (Å²) in [6.45, 7) is 3.01. The molecule has 0 saturated carbocycles. The van der Waals surface area contributed by atoms with Crippen LogP contribution >= 0.6 is 0 Å². The van der Waals surface area contributed by atoms with Crippen molar-refractivity contribution < 1.29 is 21.6 Å². The first-order valence-corrected chi connectivity index (χ1v) is 12.7. The van der Waals surface area contributed by atoms with Gasteiger partial charge in [-0.15, -0.1) is 0 Å². The molecule has 1 aliphatic heterocycles. The number of benzene rings is 2. The van der Waals surface area contributed by atoms with Gasteiger partial charge in [0.2, 0.25) is 10.0 Å².